The Kier molecular flexibility index (Phi) is 2.89. The molecule has 0 spiro atoms. The fraction of sp³-hybridized carbons (Fsp3) is 0.0625. The molecule has 0 unspecified atom stereocenters. The van der Waals surface area contributed by atoms with Crippen molar-refractivity contribution in [2.24, 2.45) is 5.73 Å². The molecule has 3 rings (SSSR count). The third kappa shape index (κ3) is 2.04. The van der Waals surface area contributed by atoms with E-state index in [9.17, 15) is 4.79 Å². The van der Waals surface area contributed by atoms with Gasteiger partial charge in [-0.3, -0.25) is 4.79 Å². The molecule has 0 saturated carbocycles. The van der Waals surface area contributed by atoms with Crippen LogP contribution < -0.4 is 5.73 Å². The molecule has 1 aromatic heterocycles. The van der Waals surface area contributed by atoms with Crippen LogP contribution in [0.3, 0.4) is 0 Å². The molecule has 0 radical (unpaired) electrons. The lowest BCUT2D eigenvalue weighted by Crippen LogP contribution is -2.01. The van der Waals surface area contributed by atoms with Gasteiger partial charge in [-0.1, -0.05) is 42.5 Å². The number of fused-ring (bicyclic) bond motifs is 1. The average molecular weight is 251 g/mol. The fourth-order valence-electron chi connectivity index (χ4n) is 2.17. The molecular weight excluding hydrogens is 238 g/mol. The first kappa shape index (κ1) is 11.7. The minimum absolute atomic E-state index is 0.114. The zero-order valence-electron chi connectivity index (χ0n) is 10.3. The fourth-order valence-corrected chi connectivity index (χ4v) is 2.17. The standard InChI is InChI=1S/C16H13NO2/c17-10-12-8-9-15(19-12)16(18)14-7-3-5-11-4-1-2-6-13(11)14/h1-9H,10,17H2. The van der Waals surface area contributed by atoms with E-state index in [1.807, 2.05) is 42.5 Å². The molecule has 0 atom stereocenters. The van der Waals surface area contributed by atoms with Crippen molar-refractivity contribution >= 4 is 16.6 Å². The molecule has 1 heterocycles. The van der Waals surface area contributed by atoms with Crippen LogP contribution in [-0.2, 0) is 6.54 Å². The highest BCUT2D eigenvalue weighted by Gasteiger charge is 2.15. The van der Waals surface area contributed by atoms with Gasteiger partial charge in [0.05, 0.1) is 6.54 Å². The van der Waals surface area contributed by atoms with E-state index in [0.717, 1.165) is 10.8 Å². The van der Waals surface area contributed by atoms with Gasteiger partial charge >= 0.3 is 0 Å². The molecule has 0 aliphatic rings. The normalized spacial score (nSPS) is 10.8. The van der Waals surface area contributed by atoms with Gasteiger partial charge in [-0.05, 0) is 22.9 Å². The summed E-state index contributed by atoms with van der Waals surface area (Å²) in [5, 5.41) is 1.97. The summed E-state index contributed by atoms with van der Waals surface area (Å²) in [5.74, 6) is 0.830. The van der Waals surface area contributed by atoms with Crippen molar-refractivity contribution in [1.82, 2.24) is 0 Å². The zero-order valence-corrected chi connectivity index (χ0v) is 10.3. The van der Waals surface area contributed by atoms with Gasteiger partial charge in [0.25, 0.3) is 0 Å². The Morgan fingerprint density at radius 1 is 1.00 bits per heavy atom. The van der Waals surface area contributed by atoms with Gasteiger partial charge in [0.1, 0.15) is 5.76 Å². The minimum Gasteiger partial charge on any atom is -0.456 e. The van der Waals surface area contributed by atoms with Crippen molar-refractivity contribution in [1.29, 1.82) is 0 Å². The van der Waals surface area contributed by atoms with Gasteiger partial charge in [-0.15, -0.1) is 0 Å². The second-order valence-corrected chi connectivity index (χ2v) is 4.33. The zero-order chi connectivity index (χ0) is 13.2. The third-order valence-electron chi connectivity index (χ3n) is 3.12. The summed E-state index contributed by atoms with van der Waals surface area (Å²) < 4.78 is 5.42. The van der Waals surface area contributed by atoms with Crippen LogP contribution in [0.5, 0.6) is 0 Å². The van der Waals surface area contributed by atoms with E-state index in [1.165, 1.54) is 0 Å². The molecule has 0 bridgehead atoms. The number of carbonyl (C=O) groups is 1. The number of carbonyl (C=O) groups excluding carboxylic acids is 1. The molecule has 0 fully saturated rings. The molecule has 94 valence electrons. The summed E-state index contributed by atoms with van der Waals surface area (Å²) in [5.41, 5.74) is 6.14. The summed E-state index contributed by atoms with van der Waals surface area (Å²) >= 11 is 0. The predicted octanol–water partition coefficient (Wildman–Crippen LogP) is 3.12. The van der Waals surface area contributed by atoms with Crippen molar-refractivity contribution in [3.8, 4) is 0 Å². The quantitative estimate of drug-likeness (QED) is 0.727. The monoisotopic (exact) mass is 251 g/mol. The minimum atomic E-state index is -0.114. The van der Waals surface area contributed by atoms with Crippen molar-refractivity contribution in [2.45, 2.75) is 6.54 Å². The van der Waals surface area contributed by atoms with Gasteiger partial charge in [0.15, 0.2) is 5.76 Å². The first-order valence-electron chi connectivity index (χ1n) is 6.11. The Labute approximate surface area is 110 Å². The largest absolute Gasteiger partial charge is 0.456 e. The second-order valence-electron chi connectivity index (χ2n) is 4.33. The molecular formula is C16H13NO2. The first-order valence-corrected chi connectivity index (χ1v) is 6.11. The maximum absolute atomic E-state index is 12.5. The van der Waals surface area contributed by atoms with Gasteiger partial charge in [0.2, 0.25) is 5.78 Å². The van der Waals surface area contributed by atoms with E-state index in [1.54, 1.807) is 12.1 Å². The molecule has 3 nitrogen and oxygen atoms in total. The highest BCUT2D eigenvalue weighted by Crippen LogP contribution is 2.22. The molecule has 0 aliphatic heterocycles. The molecule has 3 heteroatoms. The lowest BCUT2D eigenvalue weighted by Gasteiger charge is -2.03. The van der Waals surface area contributed by atoms with Crippen LogP contribution in [0.25, 0.3) is 10.8 Å². The van der Waals surface area contributed by atoms with E-state index in [0.29, 0.717) is 23.6 Å². The second kappa shape index (κ2) is 4.71. The number of benzene rings is 2. The Balaban J connectivity index is 2.11. The summed E-state index contributed by atoms with van der Waals surface area (Å²) in [6, 6.07) is 16.9. The van der Waals surface area contributed by atoms with Crippen LogP contribution in [0.15, 0.2) is 59.0 Å². The van der Waals surface area contributed by atoms with Crippen LogP contribution >= 0.6 is 0 Å². The smallest absolute Gasteiger partial charge is 0.228 e. The topological polar surface area (TPSA) is 56.2 Å². The highest BCUT2D eigenvalue weighted by atomic mass is 16.3. The molecule has 2 N–H and O–H groups in total. The van der Waals surface area contributed by atoms with Crippen molar-refractivity contribution < 1.29 is 9.21 Å². The Hall–Kier alpha value is -2.39. The van der Waals surface area contributed by atoms with Gasteiger partial charge in [0, 0.05) is 5.56 Å². The lowest BCUT2D eigenvalue weighted by molar-refractivity contribution is 0.101. The van der Waals surface area contributed by atoms with Crippen molar-refractivity contribution in [3.05, 3.63) is 71.7 Å². The number of ketones is 1. The predicted molar refractivity (Wildman–Crippen MR) is 74.0 cm³/mol. The first-order chi connectivity index (χ1) is 9.29. The molecule has 3 aromatic rings. The van der Waals surface area contributed by atoms with Crippen LogP contribution in [0.1, 0.15) is 21.9 Å². The van der Waals surface area contributed by atoms with E-state index in [4.69, 9.17) is 10.2 Å². The van der Waals surface area contributed by atoms with Gasteiger partial charge < -0.3 is 10.2 Å². The molecule has 0 saturated heterocycles. The van der Waals surface area contributed by atoms with Crippen LogP contribution in [0.2, 0.25) is 0 Å². The van der Waals surface area contributed by atoms with Crippen LogP contribution in [0.4, 0.5) is 0 Å². The van der Waals surface area contributed by atoms with E-state index in [-0.39, 0.29) is 5.78 Å². The van der Waals surface area contributed by atoms with Gasteiger partial charge in [-0.25, -0.2) is 0 Å². The molecule has 0 aliphatic carbocycles. The number of nitrogens with two attached hydrogens (primary N) is 1. The Morgan fingerprint density at radius 2 is 1.79 bits per heavy atom. The third-order valence-corrected chi connectivity index (χ3v) is 3.12. The molecule has 19 heavy (non-hydrogen) atoms. The summed E-state index contributed by atoms with van der Waals surface area (Å²) in [4.78, 5) is 12.5. The summed E-state index contributed by atoms with van der Waals surface area (Å²) in [6.07, 6.45) is 0. The Morgan fingerprint density at radius 3 is 2.58 bits per heavy atom. The van der Waals surface area contributed by atoms with Crippen molar-refractivity contribution in [2.75, 3.05) is 0 Å². The van der Waals surface area contributed by atoms with Crippen molar-refractivity contribution in [3.63, 3.8) is 0 Å². The molecule has 2 aromatic carbocycles. The SMILES string of the molecule is NCc1ccc(C(=O)c2cccc3ccccc23)o1. The van der Waals surface area contributed by atoms with E-state index in [2.05, 4.69) is 0 Å². The maximum Gasteiger partial charge on any atom is 0.228 e. The van der Waals surface area contributed by atoms with E-state index < -0.39 is 0 Å². The summed E-state index contributed by atoms with van der Waals surface area (Å²) in [7, 11) is 0. The average Bonchev–Trinajstić information content (AvgIpc) is 2.95. The maximum atomic E-state index is 12.5. The number of hydrogen-bond donors (Lipinski definition) is 1. The van der Waals surface area contributed by atoms with E-state index >= 15 is 0 Å². The molecule has 0 amide bonds. The number of furan rings is 1. The van der Waals surface area contributed by atoms with Gasteiger partial charge in [-0.2, -0.15) is 0 Å². The number of rotatable bonds is 3. The van der Waals surface area contributed by atoms with Crippen LogP contribution in [-0.4, -0.2) is 5.78 Å². The van der Waals surface area contributed by atoms with Crippen LogP contribution in [0, 0.1) is 0 Å². The highest BCUT2D eigenvalue weighted by molar-refractivity contribution is 6.15. The lowest BCUT2D eigenvalue weighted by atomic mass is 10.0. The number of hydrogen-bond acceptors (Lipinski definition) is 3. The summed E-state index contributed by atoms with van der Waals surface area (Å²) in [6.45, 7) is 0.294. The Bertz CT molecular complexity index is 738.